The Kier molecular flexibility index (Phi) is 4.11. The molecule has 0 fully saturated rings. The van der Waals surface area contributed by atoms with Gasteiger partial charge in [-0.3, -0.25) is 0 Å². The summed E-state index contributed by atoms with van der Waals surface area (Å²) in [5, 5.41) is 9.15. The maximum atomic E-state index is 13.5. The molecule has 98 valence electrons. The van der Waals surface area contributed by atoms with E-state index in [1.165, 1.54) is 25.3 Å². The van der Waals surface area contributed by atoms with Crippen LogP contribution in [0.1, 0.15) is 26.3 Å². The fraction of sp³-hybridized carbons (Fsp3) is 0.357. The van der Waals surface area contributed by atoms with Gasteiger partial charge in [-0.25, -0.2) is 9.18 Å². The molecule has 1 rings (SSSR count). The van der Waals surface area contributed by atoms with Gasteiger partial charge in [-0.05, 0) is 29.2 Å². The lowest BCUT2D eigenvalue weighted by molar-refractivity contribution is -0.133. The highest BCUT2D eigenvalue weighted by atomic mass is 19.1. The third-order valence-corrected chi connectivity index (χ3v) is 2.53. The van der Waals surface area contributed by atoms with Gasteiger partial charge in [-0.15, -0.1) is 0 Å². The molecule has 0 atom stereocenters. The second-order valence-corrected chi connectivity index (χ2v) is 5.01. The van der Waals surface area contributed by atoms with Crippen molar-refractivity contribution < 1.29 is 19.0 Å². The van der Waals surface area contributed by atoms with E-state index in [4.69, 9.17) is 9.84 Å². The summed E-state index contributed by atoms with van der Waals surface area (Å²) in [6.07, 6.45) is 1.48. The molecule has 1 aromatic rings. The average molecular weight is 252 g/mol. The van der Waals surface area contributed by atoms with Crippen molar-refractivity contribution in [1.82, 2.24) is 0 Å². The van der Waals surface area contributed by atoms with E-state index in [2.05, 4.69) is 0 Å². The van der Waals surface area contributed by atoms with Crippen LogP contribution >= 0.6 is 0 Å². The predicted octanol–water partition coefficient (Wildman–Crippen LogP) is 3.35. The molecule has 0 heterocycles. The first-order valence-electron chi connectivity index (χ1n) is 5.54. The van der Waals surface area contributed by atoms with Crippen LogP contribution < -0.4 is 4.74 Å². The molecule has 1 aromatic carbocycles. The zero-order valence-corrected chi connectivity index (χ0v) is 11.0. The second kappa shape index (κ2) is 5.21. The van der Waals surface area contributed by atoms with E-state index in [9.17, 15) is 9.18 Å². The number of halogens is 1. The van der Waals surface area contributed by atoms with Crippen molar-refractivity contribution in [3.8, 4) is 5.75 Å². The summed E-state index contributed by atoms with van der Waals surface area (Å²) in [7, 11) is 1.38. The molecular formula is C14H17FO3. The molecule has 0 saturated carbocycles. The smallest absolute Gasteiger partial charge is 0.332 e. The number of methoxy groups -OCH3 is 1. The van der Waals surface area contributed by atoms with Crippen molar-refractivity contribution in [2.75, 3.05) is 7.11 Å². The topological polar surface area (TPSA) is 46.5 Å². The molecule has 0 spiro atoms. The minimum atomic E-state index is -1.00. The van der Waals surface area contributed by atoms with Gasteiger partial charge in [0, 0.05) is 5.57 Å². The van der Waals surface area contributed by atoms with E-state index in [0.717, 1.165) is 0 Å². The Morgan fingerprint density at radius 3 is 2.39 bits per heavy atom. The summed E-state index contributed by atoms with van der Waals surface area (Å²) in [5.74, 6) is -1.37. The van der Waals surface area contributed by atoms with E-state index in [0.29, 0.717) is 5.56 Å². The molecule has 3 nitrogen and oxygen atoms in total. The summed E-state index contributed by atoms with van der Waals surface area (Å²) in [6, 6.07) is 4.35. The minimum Gasteiger partial charge on any atom is -0.494 e. The van der Waals surface area contributed by atoms with Crippen LogP contribution in [0.15, 0.2) is 23.8 Å². The zero-order chi connectivity index (χ0) is 13.9. The van der Waals surface area contributed by atoms with Gasteiger partial charge in [-0.2, -0.15) is 0 Å². The number of aliphatic carboxylic acids is 1. The van der Waals surface area contributed by atoms with Gasteiger partial charge in [-0.1, -0.05) is 26.8 Å². The van der Waals surface area contributed by atoms with Gasteiger partial charge in [0.15, 0.2) is 11.6 Å². The van der Waals surface area contributed by atoms with E-state index < -0.39 is 17.2 Å². The highest BCUT2D eigenvalue weighted by Crippen LogP contribution is 2.28. The van der Waals surface area contributed by atoms with Crippen LogP contribution in [0.3, 0.4) is 0 Å². The van der Waals surface area contributed by atoms with Crippen molar-refractivity contribution in [3.05, 3.63) is 35.2 Å². The summed E-state index contributed by atoms with van der Waals surface area (Å²) in [4.78, 5) is 11.2. The summed E-state index contributed by atoms with van der Waals surface area (Å²) >= 11 is 0. The van der Waals surface area contributed by atoms with Gasteiger partial charge in [0.25, 0.3) is 0 Å². The van der Waals surface area contributed by atoms with Gasteiger partial charge in [0.2, 0.25) is 0 Å². The van der Waals surface area contributed by atoms with Crippen LogP contribution in [0.5, 0.6) is 5.75 Å². The molecule has 0 aliphatic carbocycles. The summed E-state index contributed by atoms with van der Waals surface area (Å²) in [6.45, 7) is 5.40. The Balaban J connectivity index is 3.22. The lowest BCUT2D eigenvalue weighted by atomic mass is 9.85. The minimum absolute atomic E-state index is 0.139. The Labute approximate surface area is 106 Å². The maximum absolute atomic E-state index is 13.5. The van der Waals surface area contributed by atoms with E-state index >= 15 is 0 Å². The van der Waals surface area contributed by atoms with E-state index in [-0.39, 0.29) is 11.3 Å². The largest absolute Gasteiger partial charge is 0.494 e. The van der Waals surface area contributed by atoms with Crippen molar-refractivity contribution in [3.63, 3.8) is 0 Å². The quantitative estimate of drug-likeness (QED) is 0.839. The van der Waals surface area contributed by atoms with Crippen molar-refractivity contribution >= 4 is 12.0 Å². The Morgan fingerprint density at radius 2 is 2.00 bits per heavy atom. The third-order valence-electron chi connectivity index (χ3n) is 2.53. The van der Waals surface area contributed by atoms with E-state index in [1.54, 1.807) is 26.8 Å². The zero-order valence-electron chi connectivity index (χ0n) is 11.0. The number of hydrogen-bond acceptors (Lipinski definition) is 2. The van der Waals surface area contributed by atoms with Crippen LogP contribution in [0.2, 0.25) is 0 Å². The number of rotatable bonds is 3. The molecule has 0 amide bonds. The molecular weight excluding hydrogens is 235 g/mol. The van der Waals surface area contributed by atoms with Gasteiger partial charge < -0.3 is 9.84 Å². The number of carbonyl (C=O) groups is 1. The fourth-order valence-electron chi connectivity index (χ4n) is 1.54. The van der Waals surface area contributed by atoms with Crippen molar-refractivity contribution in [2.24, 2.45) is 5.41 Å². The van der Waals surface area contributed by atoms with Crippen molar-refractivity contribution in [2.45, 2.75) is 20.8 Å². The van der Waals surface area contributed by atoms with Crippen LogP contribution in [0, 0.1) is 11.2 Å². The number of benzene rings is 1. The number of carboxylic acid groups (broad SMARTS) is 1. The SMILES string of the molecule is COc1ccc(/C=C(/C(=O)O)C(C)(C)C)cc1F. The van der Waals surface area contributed by atoms with E-state index in [1.807, 2.05) is 0 Å². The monoisotopic (exact) mass is 252 g/mol. The molecule has 0 aliphatic heterocycles. The predicted molar refractivity (Wildman–Crippen MR) is 68.0 cm³/mol. The Hall–Kier alpha value is -1.84. The number of hydrogen-bond donors (Lipinski definition) is 1. The molecule has 0 bridgehead atoms. The molecule has 1 N–H and O–H groups in total. The first-order valence-corrected chi connectivity index (χ1v) is 5.54. The molecule has 0 unspecified atom stereocenters. The number of carboxylic acids is 1. The first-order chi connectivity index (χ1) is 8.25. The molecule has 18 heavy (non-hydrogen) atoms. The van der Waals surface area contributed by atoms with Crippen LogP contribution in [-0.2, 0) is 4.79 Å². The van der Waals surface area contributed by atoms with Gasteiger partial charge >= 0.3 is 5.97 Å². The third kappa shape index (κ3) is 3.32. The molecule has 0 saturated heterocycles. The number of ether oxygens (including phenoxy) is 1. The Morgan fingerprint density at radius 1 is 1.39 bits per heavy atom. The maximum Gasteiger partial charge on any atom is 0.332 e. The summed E-state index contributed by atoms with van der Waals surface area (Å²) in [5.41, 5.74) is 0.218. The molecule has 0 radical (unpaired) electrons. The summed E-state index contributed by atoms with van der Waals surface area (Å²) < 4.78 is 18.3. The van der Waals surface area contributed by atoms with Gasteiger partial charge in [0.1, 0.15) is 0 Å². The lowest BCUT2D eigenvalue weighted by Gasteiger charge is -2.19. The first kappa shape index (κ1) is 14.2. The highest BCUT2D eigenvalue weighted by Gasteiger charge is 2.23. The average Bonchev–Trinajstić information content (AvgIpc) is 2.24. The van der Waals surface area contributed by atoms with Gasteiger partial charge in [0.05, 0.1) is 7.11 Å². The van der Waals surface area contributed by atoms with Crippen LogP contribution in [0.25, 0.3) is 6.08 Å². The second-order valence-electron chi connectivity index (χ2n) is 5.01. The molecule has 0 aromatic heterocycles. The van der Waals surface area contributed by atoms with Crippen LogP contribution in [-0.4, -0.2) is 18.2 Å². The lowest BCUT2D eigenvalue weighted by Crippen LogP contribution is -2.17. The van der Waals surface area contributed by atoms with Crippen LogP contribution in [0.4, 0.5) is 4.39 Å². The molecule has 0 aliphatic rings. The molecule has 4 heteroatoms. The van der Waals surface area contributed by atoms with Crippen molar-refractivity contribution in [1.29, 1.82) is 0 Å². The standard InChI is InChI=1S/C14H17FO3/c1-14(2,3)10(13(16)17)7-9-5-6-12(18-4)11(15)8-9/h5-8H,1-4H3,(H,16,17)/b10-7-. The highest BCUT2D eigenvalue weighted by molar-refractivity contribution is 5.93. The normalized spacial score (nSPS) is 12.4. The Bertz CT molecular complexity index is 484. The fourth-order valence-corrected chi connectivity index (χ4v) is 1.54.